The Hall–Kier alpha value is -3.37. The van der Waals surface area contributed by atoms with Crippen LogP contribution in [0.2, 0.25) is 0 Å². The van der Waals surface area contributed by atoms with E-state index in [1.807, 2.05) is 30.3 Å². The van der Waals surface area contributed by atoms with E-state index in [1.54, 1.807) is 19.0 Å². The minimum Gasteiger partial charge on any atom is -0.389 e. The van der Waals surface area contributed by atoms with Gasteiger partial charge in [0.05, 0.1) is 18.1 Å². The quantitative estimate of drug-likeness (QED) is 0.165. The number of benzene rings is 1. The highest BCUT2D eigenvalue weighted by molar-refractivity contribution is 5.91. The Bertz CT molecular complexity index is 1080. The maximum absolute atomic E-state index is 13.7. The molecule has 0 heterocycles. The summed E-state index contributed by atoms with van der Waals surface area (Å²) in [5.74, 6) is 3.39. The molecule has 0 aromatic heterocycles. The van der Waals surface area contributed by atoms with Gasteiger partial charge in [0.1, 0.15) is 12.1 Å². The first-order chi connectivity index (χ1) is 20.7. The molecule has 0 radical (unpaired) electrons. The highest BCUT2D eigenvalue weighted by atomic mass is 16.3. The number of nitrogens with zero attached hydrogens (tertiary/aromatic N) is 1. The van der Waals surface area contributed by atoms with Gasteiger partial charge in [-0.2, -0.15) is 0 Å². The summed E-state index contributed by atoms with van der Waals surface area (Å²) in [6.07, 6.45) is 14.9. The molecule has 5 unspecified atom stereocenters. The van der Waals surface area contributed by atoms with Crippen LogP contribution < -0.4 is 16.0 Å². The number of likely N-dealkylation sites (N-methyl/N-ethyl adjacent to an activating group) is 2. The fourth-order valence-corrected chi connectivity index (χ4v) is 5.57. The first-order valence-corrected chi connectivity index (χ1v) is 15.5. The van der Waals surface area contributed by atoms with Crippen LogP contribution in [-0.2, 0) is 20.8 Å². The molecular weight excluding hydrogens is 544 g/mol. The smallest absolute Gasteiger partial charge is 0.242 e. The van der Waals surface area contributed by atoms with Crippen LogP contribution in [0.25, 0.3) is 0 Å². The van der Waals surface area contributed by atoms with Crippen molar-refractivity contribution in [3.8, 4) is 24.7 Å². The molecular formula is C34H50N4O5. The maximum Gasteiger partial charge on any atom is 0.242 e. The standard InChI is InChI=1S/C34H50N4O5/c1-5-7-19-28(34(43)37-29(32(41)30(39)14-6-2)23-26-17-12-9-13-18-26)36-33(42)27(22-25-15-10-8-11-16-25)24-31(40)38(4)21-20-35-3/h1-2,8,10-11,15-16,26-30,32,35,39,41H,7,9,12-14,17-24H2,3-4H3,(H,36,42)(H,37,43). The Morgan fingerprint density at radius 2 is 1.72 bits per heavy atom. The molecule has 1 aliphatic rings. The predicted molar refractivity (Wildman–Crippen MR) is 168 cm³/mol. The second kappa shape index (κ2) is 19.7. The SMILES string of the molecule is C#CCCC(NC(=O)C(CC(=O)N(C)CCNC)Cc1ccccc1)C(=O)NC(CC1CCCCC1)C(O)C(O)CC#C. The van der Waals surface area contributed by atoms with Crippen LogP contribution in [0.3, 0.4) is 0 Å². The summed E-state index contributed by atoms with van der Waals surface area (Å²) in [6, 6.07) is 7.71. The Balaban J connectivity index is 2.23. The summed E-state index contributed by atoms with van der Waals surface area (Å²) in [5.41, 5.74) is 0.899. The molecule has 0 saturated heterocycles. The number of amides is 3. The minimum atomic E-state index is -1.26. The summed E-state index contributed by atoms with van der Waals surface area (Å²) in [5, 5.41) is 30.2. The zero-order valence-corrected chi connectivity index (χ0v) is 25.8. The molecule has 1 fully saturated rings. The Morgan fingerprint density at radius 1 is 1.02 bits per heavy atom. The molecule has 236 valence electrons. The first-order valence-electron chi connectivity index (χ1n) is 15.5. The van der Waals surface area contributed by atoms with E-state index in [4.69, 9.17) is 12.8 Å². The first kappa shape index (κ1) is 35.8. The molecule has 1 saturated carbocycles. The van der Waals surface area contributed by atoms with Crippen LogP contribution in [0.1, 0.15) is 69.8 Å². The van der Waals surface area contributed by atoms with Crippen molar-refractivity contribution in [2.75, 3.05) is 27.2 Å². The number of hydrogen-bond acceptors (Lipinski definition) is 6. The normalized spacial score (nSPS) is 16.9. The molecule has 0 aliphatic heterocycles. The summed E-state index contributed by atoms with van der Waals surface area (Å²) in [4.78, 5) is 41.9. The molecule has 3 amide bonds. The minimum absolute atomic E-state index is 0.0221. The van der Waals surface area contributed by atoms with Crippen molar-refractivity contribution in [1.29, 1.82) is 0 Å². The molecule has 9 nitrogen and oxygen atoms in total. The van der Waals surface area contributed by atoms with Crippen LogP contribution in [0, 0.1) is 36.5 Å². The Kier molecular flexibility index (Phi) is 16.5. The monoisotopic (exact) mass is 594 g/mol. The van der Waals surface area contributed by atoms with Gasteiger partial charge in [-0.05, 0) is 37.8 Å². The van der Waals surface area contributed by atoms with Gasteiger partial charge in [-0.3, -0.25) is 14.4 Å². The zero-order chi connectivity index (χ0) is 31.6. The third-order valence-electron chi connectivity index (χ3n) is 8.22. The number of aliphatic hydroxyl groups is 2. The number of nitrogens with one attached hydrogen (secondary N) is 3. The topological polar surface area (TPSA) is 131 Å². The third kappa shape index (κ3) is 12.8. The summed E-state index contributed by atoms with van der Waals surface area (Å²) >= 11 is 0. The summed E-state index contributed by atoms with van der Waals surface area (Å²) < 4.78 is 0. The molecule has 5 atom stereocenters. The fourth-order valence-electron chi connectivity index (χ4n) is 5.57. The highest BCUT2D eigenvalue weighted by Gasteiger charge is 2.33. The van der Waals surface area contributed by atoms with Gasteiger partial charge in [-0.25, -0.2) is 0 Å². The second-order valence-electron chi connectivity index (χ2n) is 11.6. The van der Waals surface area contributed by atoms with Crippen molar-refractivity contribution in [3.63, 3.8) is 0 Å². The van der Waals surface area contributed by atoms with E-state index < -0.39 is 42.0 Å². The average molecular weight is 595 g/mol. The van der Waals surface area contributed by atoms with Crippen LogP contribution in [0.15, 0.2) is 30.3 Å². The fraction of sp³-hybridized carbons (Fsp3) is 0.618. The molecule has 43 heavy (non-hydrogen) atoms. The molecule has 5 N–H and O–H groups in total. The molecule has 0 spiro atoms. The molecule has 2 rings (SSSR count). The number of carbonyl (C=O) groups is 3. The van der Waals surface area contributed by atoms with Crippen molar-refractivity contribution in [1.82, 2.24) is 20.9 Å². The van der Waals surface area contributed by atoms with E-state index in [0.29, 0.717) is 31.8 Å². The van der Waals surface area contributed by atoms with Gasteiger partial charge in [0.25, 0.3) is 0 Å². The lowest BCUT2D eigenvalue weighted by molar-refractivity contribution is -0.136. The van der Waals surface area contributed by atoms with E-state index in [2.05, 4.69) is 27.8 Å². The van der Waals surface area contributed by atoms with E-state index in [9.17, 15) is 24.6 Å². The number of terminal acetylenes is 2. The van der Waals surface area contributed by atoms with E-state index in [-0.39, 0.29) is 31.6 Å². The predicted octanol–water partition coefficient (Wildman–Crippen LogP) is 2.01. The van der Waals surface area contributed by atoms with Gasteiger partial charge in [0.2, 0.25) is 17.7 Å². The molecule has 0 bridgehead atoms. The van der Waals surface area contributed by atoms with Gasteiger partial charge in [-0.15, -0.1) is 24.7 Å². The molecule has 1 aromatic carbocycles. The van der Waals surface area contributed by atoms with E-state index in [0.717, 1.165) is 37.7 Å². The molecule has 1 aliphatic carbocycles. The van der Waals surface area contributed by atoms with Crippen molar-refractivity contribution in [3.05, 3.63) is 35.9 Å². The van der Waals surface area contributed by atoms with E-state index >= 15 is 0 Å². The van der Waals surface area contributed by atoms with Crippen LogP contribution in [-0.4, -0.2) is 84.3 Å². The lowest BCUT2D eigenvalue weighted by Gasteiger charge is -2.33. The Labute approximate surface area is 257 Å². The van der Waals surface area contributed by atoms with Crippen molar-refractivity contribution in [2.45, 2.75) is 94.9 Å². The zero-order valence-electron chi connectivity index (χ0n) is 25.8. The second-order valence-corrected chi connectivity index (χ2v) is 11.6. The largest absolute Gasteiger partial charge is 0.389 e. The maximum atomic E-state index is 13.7. The van der Waals surface area contributed by atoms with Crippen LogP contribution >= 0.6 is 0 Å². The van der Waals surface area contributed by atoms with Crippen molar-refractivity contribution < 1.29 is 24.6 Å². The van der Waals surface area contributed by atoms with Gasteiger partial charge in [0, 0.05) is 39.4 Å². The molecule has 9 heteroatoms. The van der Waals surface area contributed by atoms with Gasteiger partial charge in [0.15, 0.2) is 0 Å². The number of carbonyl (C=O) groups excluding carboxylic acids is 3. The van der Waals surface area contributed by atoms with Gasteiger partial charge < -0.3 is 31.1 Å². The van der Waals surface area contributed by atoms with E-state index in [1.165, 1.54) is 0 Å². The average Bonchev–Trinajstić information content (AvgIpc) is 3.01. The van der Waals surface area contributed by atoms with Crippen molar-refractivity contribution in [2.24, 2.45) is 11.8 Å². The highest BCUT2D eigenvalue weighted by Crippen LogP contribution is 2.28. The number of hydrogen-bond donors (Lipinski definition) is 5. The van der Waals surface area contributed by atoms with Crippen LogP contribution in [0.4, 0.5) is 0 Å². The summed E-state index contributed by atoms with van der Waals surface area (Å²) in [6.45, 7) is 1.12. The third-order valence-corrected chi connectivity index (χ3v) is 8.22. The van der Waals surface area contributed by atoms with Gasteiger partial charge in [-0.1, -0.05) is 62.4 Å². The molecule has 1 aromatic rings. The lowest BCUT2D eigenvalue weighted by Crippen LogP contribution is -2.56. The Morgan fingerprint density at radius 3 is 2.35 bits per heavy atom. The number of aliphatic hydroxyl groups excluding tert-OH is 2. The lowest BCUT2D eigenvalue weighted by atomic mass is 9.82. The van der Waals surface area contributed by atoms with Crippen LogP contribution in [0.5, 0.6) is 0 Å². The summed E-state index contributed by atoms with van der Waals surface area (Å²) in [7, 11) is 3.51. The van der Waals surface area contributed by atoms with Crippen molar-refractivity contribution >= 4 is 17.7 Å². The number of rotatable bonds is 18. The van der Waals surface area contributed by atoms with Gasteiger partial charge >= 0.3 is 0 Å².